The van der Waals surface area contributed by atoms with Crippen molar-refractivity contribution < 1.29 is 18.7 Å². The normalized spacial score (nSPS) is 17.1. The Balaban J connectivity index is 1.88. The number of hydrogen-bond donors (Lipinski definition) is 1. The quantitative estimate of drug-likeness (QED) is 0.874. The Morgan fingerprint density at radius 1 is 1.22 bits per heavy atom. The Morgan fingerprint density at radius 3 is 2.74 bits per heavy atom. The van der Waals surface area contributed by atoms with Crippen molar-refractivity contribution in [3.05, 3.63) is 59.4 Å². The highest BCUT2D eigenvalue weighted by atomic mass is 19.1. The van der Waals surface area contributed by atoms with Crippen molar-refractivity contribution >= 4 is 5.91 Å². The molecule has 3 rings (SSSR count). The topological polar surface area (TPSA) is 50.8 Å². The molecule has 1 heterocycles. The fraction of sp³-hybridized carbons (Fsp3) is 0.381. The molecule has 5 nitrogen and oxygen atoms in total. The number of rotatable bonds is 5. The first kappa shape index (κ1) is 19.2. The summed E-state index contributed by atoms with van der Waals surface area (Å²) in [5, 5.41) is 3.28. The number of amides is 1. The van der Waals surface area contributed by atoms with Crippen LogP contribution < -0.4 is 14.8 Å². The van der Waals surface area contributed by atoms with E-state index in [9.17, 15) is 9.18 Å². The molecule has 0 aliphatic carbocycles. The van der Waals surface area contributed by atoms with Gasteiger partial charge in [0.15, 0.2) is 11.5 Å². The van der Waals surface area contributed by atoms with Crippen LogP contribution >= 0.6 is 0 Å². The molecular formula is C21H25FN2O3. The zero-order valence-electron chi connectivity index (χ0n) is 15.9. The summed E-state index contributed by atoms with van der Waals surface area (Å²) < 4.78 is 24.8. The molecule has 2 aromatic carbocycles. The zero-order chi connectivity index (χ0) is 19.4. The molecule has 6 heteroatoms. The molecule has 0 bridgehead atoms. The van der Waals surface area contributed by atoms with E-state index in [0.29, 0.717) is 36.7 Å². The van der Waals surface area contributed by atoms with Crippen LogP contribution in [0.1, 0.15) is 35.8 Å². The number of carbonyl (C=O) groups excluding carboxylic acids is 1. The largest absolute Gasteiger partial charge is 0.493 e. The van der Waals surface area contributed by atoms with Crippen LogP contribution in [-0.2, 0) is 0 Å². The molecule has 27 heavy (non-hydrogen) atoms. The van der Waals surface area contributed by atoms with Crippen LogP contribution in [0.4, 0.5) is 4.39 Å². The smallest absolute Gasteiger partial charge is 0.254 e. The maximum absolute atomic E-state index is 13.7. The van der Waals surface area contributed by atoms with Crippen molar-refractivity contribution in [3.8, 4) is 11.5 Å². The highest BCUT2D eigenvalue weighted by molar-refractivity contribution is 5.95. The lowest BCUT2D eigenvalue weighted by Gasteiger charge is -2.36. The second-order valence-corrected chi connectivity index (χ2v) is 6.81. The van der Waals surface area contributed by atoms with E-state index in [1.807, 2.05) is 19.9 Å². The summed E-state index contributed by atoms with van der Waals surface area (Å²) in [4.78, 5) is 15.0. The summed E-state index contributed by atoms with van der Waals surface area (Å²) in [7, 11) is 1.55. The van der Waals surface area contributed by atoms with Gasteiger partial charge in [-0.1, -0.05) is 12.1 Å². The van der Waals surface area contributed by atoms with Crippen LogP contribution in [0.2, 0.25) is 0 Å². The minimum atomic E-state index is -0.303. The molecule has 1 N–H and O–H groups in total. The average Bonchev–Trinajstić information content (AvgIpc) is 2.67. The molecule has 144 valence electrons. The number of piperazine rings is 1. The van der Waals surface area contributed by atoms with Gasteiger partial charge in [-0.25, -0.2) is 4.39 Å². The summed E-state index contributed by atoms with van der Waals surface area (Å²) in [6, 6.07) is 11.4. The van der Waals surface area contributed by atoms with Crippen LogP contribution in [0.3, 0.4) is 0 Å². The number of halogens is 1. The standard InChI is InChI=1S/C21H25FN2O3/c1-14(2)27-19-8-7-16(12-20(19)26-3)21(25)24-10-9-23-13-18(24)15-5-4-6-17(22)11-15/h4-8,11-12,14,18,23H,9-10,13H2,1-3H3. The third-order valence-electron chi connectivity index (χ3n) is 4.51. The van der Waals surface area contributed by atoms with Gasteiger partial charge in [0, 0.05) is 25.2 Å². The predicted molar refractivity (Wildman–Crippen MR) is 102 cm³/mol. The molecule has 1 atom stereocenters. The molecule has 1 aliphatic heterocycles. The lowest BCUT2D eigenvalue weighted by Crippen LogP contribution is -2.48. The number of nitrogens with one attached hydrogen (secondary N) is 1. The monoisotopic (exact) mass is 372 g/mol. The first-order valence-electron chi connectivity index (χ1n) is 9.11. The third-order valence-corrected chi connectivity index (χ3v) is 4.51. The molecule has 0 spiro atoms. The number of carbonyl (C=O) groups is 1. The minimum absolute atomic E-state index is 0.00554. The van der Waals surface area contributed by atoms with Crippen molar-refractivity contribution in [1.82, 2.24) is 10.2 Å². The average molecular weight is 372 g/mol. The second-order valence-electron chi connectivity index (χ2n) is 6.81. The second kappa shape index (κ2) is 8.39. The zero-order valence-corrected chi connectivity index (χ0v) is 15.9. The van der Waals surface area contributed by atoms with Crippen molar-refractivity contribution in [1.29, 1.82) is 0 Å². The van der Waals surface area contributed by atoms with Gasteiger partial charge in [-0.15, -0.1) is 0 Å². The Bertz CT molecular complexity index is 810. The first-order valence-corrected chi connectivity index (χ1v) is 9.11. The summed E-state index contributed by atoms with van der Waals surface area (Å²) >= 11 is 0. The predicted octanol–water partition coefficient (Wildman–Crippen LogP) is 3.41. The van der Waals surface area contributed by atoms with Gasteiger partial charge in [0.1, 0.15) is 5.82 Å². The van der Waals surface area contributed by atoms with Gasteiger partial charge >= 0.3 is 0 Å². The number of nitrogens with zero attached hydrogens (tertiary/aromatic N) is 1. The fourth-order valence-corrected chi connectivity index (χ4v) is 3.28. The lowest BCUT2D eigenvalue weighted by molar-refractivity contribution is 0.0633. The summed E-state index contributed by atoms with van der Waals surface area (Å²) in [5.74, 6) is 0.709. The number of hydrogen-bond acceptors (Lipinski definition) is 4. The van der Waals surface area contributed by atoms with Gasteiger partial charge < -0.3 is 19.7 Å². The van der Waals surface area contributed by atoms with Crippen LogP contribution in [0.15, 0.2) is 42.5 Å². The Hall–Kier alpha value is -2.60. The van der Waals surface area contributed by atoms with Crippen LogP contribution in [-0.4, -0.2) is 43.7 Å². The van der Waals surface area contributed by atoms with Crippen molar-refractivity contribution in [2.75, 3.05) is 26.7 Å². The highest BCUT2D eigenvalue weighted by Crippen LogP contribution is 2.31. The van der Waals surface area contributed by atoms with E-state index in [-0.39, 0.29) is 23.9 Å². The van der Waals surface area contributed by atoms with Gasteiger partial charge in [0.2, 0.25) is 0 Å². The molecule has 1 unspecified atom stereocenters. The van der Waals surface area contributed by atoms with Crippen molar-refractivity contribution in [2.45, 2.75) is 26.0 Å². The molecule has 1 amide bonds. The van der Waals surface area contributed by atoms with Gasteiger partial charge in [-0.3, -0.25) is 4.79 Å². The Labute approximate surface area is 159 Å². The molecule has 1 fully saturated rings. The summed E-state index contributed by atoms with van der Waals surface area (Å²) in [6.45, 7) is 5.70. The SMILES string of the molecule is COc1cc(C(=O)N2CCNCC2c2cccc(F)c2)ccc1OC(C)C. The van der Waals surface area contributed by atoms with Gasteiger partial charge in [0.05, 0.1) is 19.3 Å². The molecule has 1 saturated heterocycles. The van der Waals surface area contributed by atoms with E-state index in [4.69, 9.17) is 9.47 Å². The minimum Gasteiger partial charge on any atom is -0.493 e. The molecular weight excluding hydrogens is 347 g/mol. The molecule has 0 saturated carbocycles. The molecule has 0 radical (unpaired) electrons. The van der Waals surface area contributed by atoms with E-state index in [1.165, 1.54) is 12.1 Å². The van der Waals surface area contributed by atoms with Crippen LogP contribution in [0.5, 0.6) is 11.5 Å². The van der Waals surface area contributed by atoms with Crippen LogP contribution in [0, 0.1) is 5.82 Å². The van der Waals surface area contributed by atoms with Gasteiger partial charge in [0.25, 0.3) is 5.91 Å². The number of ether oxygens (including phenoxy) is 2. The van der Waals surface area contributed by atoms with Crippen LogP contribution in [0.25, 0.3) is 0 Å². The first-order chi connectivity index (χ1) is 13.0. The highest BCUT2D eigenvalue weighted by Gasteiger charge is 2.29. The van der Waals surface area contributed by atoms with E-state index >= 15 is 0 Å². The molecule has 2 aromatic rings. The lowest BCUT2D eigenvalue weighted by atomic mass is 10.0. The van der Waals surface area contributed by atoms with Gasteiger partial charge in [-0.05, 0) is 49.7 Å². The summed E-state index contributed by atoms with van der Waals surface area (Å²) in [6.07, 6.45) is 0.00554. The maximum Gasteiger partial charge on any atom is 0.254 e. The van der Waals surface area contributed by atoms with E-state index in [0.717, 1.165) is 5.56 Å². The van der Waals surface area contributed by atoms with E-state index < -0.39 is 0 Å². The van der Waals surface area contributed by atoms with Crippen molar-refractivity contribution in [3.63, 3.8) is 0 Å². The molecule has 0 aromatic heterocycles. The number of methoxy groups -OCH3 is 1. The van der Waals surface area contributed by atoms with E-state index in [1.54, 1.807) is 36.3 Å². The molecule has 1 aliphatic rings. The Morgan fingerprint density at radius 2 is 2.04 bits per heavy atom. The van der Waals surface area contributed by atoms with Gasteiger partial charge in [-0.2, -0.15) is 0 Å². The van der Waals surface area contributed by atoms with E-state index in [2.05, 4.69) is 5.32 Å². The number of benzene rings is 2. The fourth-order valence-electron chi connectivity index (χ4n) is 3.28. The Kier molecular flexibility index (Phi) is 5.96. The maximum atomic E-state index is 13.7. The third kappa shape index (κ3) is 4.39. The van der Waals surface area contributed by atoms with Crippen molar-refractivity contribution in [2.24, 2.45) is 0 Å². The summed E-state index contributed by atoms with van der Waals surface area (Å²) in [5.41, 5.74) is 1.30.